The second-order valence-electron chi connectivity index (χ2n) is 8.01. The first-order valence-corrected chi connectivity index (χ1v) is 9.79. The lowest BCUT2D eigenvalue weighted by Gasteiger charge is -2.30. The molecule has 6 N–H and O–H groups in total. The number of aliphatic hydroxyl groups is 2. The van der Waals surface area contributed by atoms with E-state index in [1.165, 1.54) is 19.3 Å². The number of carbonyl (C=O) groups is 1. The first-order chi connectivity index (χ1) is 11.8. The largest absolute Gasteiger partial charge is 0.390 e. The highest BCUT2D eigenvalue weighted by molar-refractivity contribution is 5.71. The van der Waals surface area contributed by atoms with E-state index in [1.54, 1.807) is 5.32 Å². The molecule has 0 aromatic heterocycles. The molecular formula is C20H37N2O3+. The van der Waals surface area contributed by atoms with Crippen molar-refractivity contribution >= 4 is 5.91 Å². The molecule has 0 aliphatic heterocycles. The number of amides is 1. The van der Waals surface area contributed by atoms with Gasteiger partial charge in [-0.05, 0) is 24.7 Å². The molecule has 1 fully saturated rings. The highest BCUT2D eigenvalue weighted by atomic mass is 16.3. The Morgan fingerprint density at radius 3 is 2.48 bits per heavy atom. The molecule has 0 heterocycles. The first kappa shape index (κ1) is 22.1. The molecule has 0 aromatic carbocycles. The minimum absolute atomic E-state index is 0.174. The van der Waals surface area contributed by atoms with E-state index >= 15 is 0 Å². The lowest BCUT2D eigenvalue weighted by Crippen LogP contribution is -2.98. The fourth-order valence-electron chi connectivity index (χ4n) is 3.74. The van der Waals surface area contributed by atoms with Gasteiger partial charge in [-0.15, -0.1) is 12.3 Å². The zero-order chi connectivity index (χ0) is 18.8. The Balaban J connectivity index is 2.71. The van der Waals surface area contributed by atoms with Gasteiger partial charge in [-0.1, -0.05) is 46.0 Å². The number of hydrogen-bond donors (Lipinski definition) is 4. The molecule has 0 aromatic rings. The normalized spacial score (nSPS) is 20.7. The van der Waals surface area contributed by atoms with Crippen molar-refractivity contribution in [1.82, 2.24) is 0 Å². The van der Waals surface area contributed by atoms with Crippen LogP contribution in [0.2, 0.25) is 0 Å². The van der Waals surface area contributed by atoms with Gasteiger partial charge in [0.2, 0.25) is 0 Å². The van der Waals surface area contributed by atoms with Crippen molar-refractivity contribution in [3.8, 4) is 12.3 Å². The molecule has 25 heavy (non-hydrogen) atoms. The number of terminal acetylenes is 1. The smallest absolute Gasteiger partial charge is 0.327 e. The number of quaternary nitrogens is 1. The number of nitrogens with two attached hydrogens (primary N) is 2. The molecule has 0 saturated heterocycles. The van der Waals surface area contributed by atoms with Gasteiger partial charge in [-0.25, -0.2) is 4.79 Å². The number of primary amides is 1. The summed E-state index contributed by atoms with van der Waals surface area (Å²) >= 11 is 0. The summed E-state index contributed by atoms with van der Waals surface area (Å²) in [5.74, 6) is 3.12. The van der Waals surface area contributed by atoms with Gasteiger partial charge in [-0.3, -0.25) is 5.32 Å². The van der Waals surface area contributed by atoms with Crippen LogP contribution in [0.4, 0.5) is 0 Å². The standard InChI is InChI=1S/C20H36N2O3/c1-4-5-11-16(21)20(25)22-17(13-15-9-7-6-8-10-15)19(24)18(23)12-14(2)3/h1,14-19,23-24H,5-13,21H2,2-3H3,(H,22,25)/p+1/t16-,17?,18-,19+/m0/s1. The maximum Gasteiger partial charge on any atom is 0.327 e. The zero-order valence-electron chi connectivity index (χ0n) is 15.9. The van der Waals surface area contributed by atoms with E-state index in [-0.39, 0.29) is 17.9 Å². The van der Waals surface area contributed by atoms with Crippen LogP contribution in [0.1, 0.15) is 71.6 Å². The van der Waals surface area contributed by atoms with Crippen molar-refractivity contribution in [2.75, 3.05) is 0 Å². The summed E-state index contributed by atoms with van der Waals surface area (Å²) in [4.78, 5) is 12.4. The lowest BCUT2D eigenvalue weighted by molar-refractivity contribution is -0.620. The average Bonchev–Trinajstić information content (AvgIpc) is 2.58. The van der Waals surface area contributed by atoms with Gasteiger partial charge in [-0.2, -0.15) is 0 Å². The van der Waals surface area contributed by atoms with E-state index in [9.17, 15) is 15.0 Å². The van der Waals surface area contributed by atoms with E-state index in [2.05, 4.69) is 5.92 Å². The first-order valence-electron chi connectivity index (χ1n) is 9.79. The predicted molar refractivity (Wildman–Crippen MR) is 99.4 cm³/mol. The number of hydrogen-bond acceptors (Lipinski definition) is 4. The SMILES string of the molecule is C#CCC[C@H](N)C(=O)[NH2+]C(CC1CCCCC1)[C@@H](O)[C@@H](O)CC(C)C. The number of carbonyl (C=O) groups excluding carboxylic acids is 1. The highest BCUT2D eigenvalue weighted by Gasteiger charge is 2.35. The van der Waals surface area contributed by atoms with Gasteiger partial charge >= 0.3 is 5.91 Å². The lowest BCUT2D eigenvalue weighted by atomic mass is 9.82. The third-order valence-electron chi connectivity index (χ3n) is 5.22. The Bertz CT molecular complexity index is 427. The summed E-state index contributed by atoms with van der Waals surface area (Å²) in [5, 5.41) is 22.6. The summed E-state index contributed by atoms with van der Waals surface area (Å²) in [6, 6.07) is -0.972. The second-order valence-corrected chi connectivity index (χ2v) is 8.01. The Hall–Kier alpha value is -0.930. The average molecular weight is 354 g/mol. The summed E-state index contributed by atoms with van der Waals surface area (Å²) in [5.41, 5.74) is 5.92. The molecule has 4 atom stereocenters. The Morgan fingerprint density at radius 2 is 1.92 bits per heavy atom. The third-order valence-corrected chi connectivity index (χ3v) is 5.22. The molecule has 1 aliphatic rings. The maximum atomic E-state index is 12.4. The number of aliphatic hydroxyl groups excluding tert-OH is 2. The van der Waals surface area contributed by atoms with E-state index in [4.69, 9.17) is 12.2 Å². The predicted octanol–water partition coefficient (Wildman–Crippen LogP) is 0.924. The quantitative estimate of drug-likeness (QED) is 0.439. The van der Waals surface area contributed by atoms with Crippen LogP contribution in [0.5, 0.6) is 0 Å². The Labute approximate surface area is 152 Å². The van der Waals surface area contributed by atoms with Crippen LogP contribution in [0, 0.1) is 24.2 Å². The molecule has 1 unspecified atom stereocenters. The topological polar surface area (TPSA) is 100 Å². The van der Waals surface area contributed by atoms with Gasteiger partial charge in [0, 0.05) is 12.8 Å². The molecule has 1 saturated carbocycles. The summed E-state index contributed by atoms with van der Waals surface area (Å²) in [6.45, 7) is 4.02. The van der Waals surface area contributed by atoms with Gasteiger partial charge in [0.25, 0.3) is 0 Å². The van der Waals surface area contributed by atoms with Crippen LogP contribution in [-0.2, 0) is 4.79 Å². The second kappa shape index (κ2) is 11.6. The molecule has 0 bridgehead atoms. The van der Waals surface area contributed by atoms with Gasteiger partial charge < -0.3 is 15.9 Å². The monoisotopic (exact) mass is 353 g/mol. The van der Waals surface area contributed by atoms with Crippen molar-refractivity contribution < 1.29 is 20.3 Å². The van der Waals surface area contributed by atoms with Crippen LogP contribution >= 0.6 is 0 Å². The Kier molecular flexibility index (Phi) is 10.3. The molecule has 1 rings (SSSR count). The summed E-state index contributed by atoms with van der Waals surface area (Å²) in [6.07, 6.45) is 11.6. The molecule has 1 amide bonds. The van der Waals surface area contributed by atoms with Crippen molar-refractivity contribution in [3.05, 3.63) is 0 Å². The van der Waals surface area contributed by atoms with Crippen LogP contribution in [-0.4, -0.2) is 40.4 Å². The van der Waals surface area contributed by atoms with Crippen molar-refractivity contribution in [2.24, 2.45) is 17.6 Å². The fourth-order valence-corrected chi connectivity index (χ4v) is 3.74. The molecule has 0 radical (unpaired) electrons. The van der Waals surface area contributed by atoms with Crippen LogP contribution in [0.15, 0.2) is 0 Å². The van der Waals surface area contributed by atoms with Crippen LogP contribution < -0.4 is 11.1 Å². The highest BCUT2D eigenvalue weighted by Crippen LogP contribution is 2.28. The molecule has 5 heteroatoms. The zero-order valence-corrected chi connectivity index (χ0v) is 15.9. The molecule has 144 valence electrons. The summed E-state index contributed by atoms with van der Waals surface area (Å²) in [7, 11) is 0. The van der Waals surface area contributed by atoms with E-state index < -0.39 is 18.2 Å². The van der Waals surface area contributed by atoms with E-state index in [0.29, 0.717) is 25.2 Å². The van der Waals surface area contributed by atoms with Gasteiger partial charge in [0.1, 0.15) is 18.2 Å². The van der Waals surface area contributed by atoms with Crippen LogP contribution in [0.3, 0.4) is 0 Å². The van der Waals surface area contributed by atoms with Crippen molar-refractivity contribution in [2.45, 2.75) is 95.9 Å². The molecule has 1 aliphatic carbocycles. The minimum Gasteiger partial charge on any atom is -0.390 e. The van der Waals surface area contributed by atoms with Crippen molar-refractivity contribution in [1.29, 1.82) is 0 Å². The minimum atomic E-state index is -0.923. The fraction of sp³-hybridized carbons (Fsp3) is 0.850. The van der Waals surface area contributed by atoms with Crippen LogP contribution in [0.25, 0.3) is 0 Å². The molecule has 0 spiro atoms. The van der Waals surface area contributed by atoms with Crippen molar-refractivity contribution in [3.63, 3.8) is 0 Å². The molecule has 5 nitrogen and oxygen atoms in total. The van der Waals surface area contributed by atoms with E-state index in [0.717, 1.165) is 19.3 Å². The number of rotatable bonds is 10. The third kappa shape index (κ3) is 8.33. The van der Waals surface area contributed by atoms with Gasteiger partial charge in [0.15, 0.2) is 0 Å². The van der Waals surface area contributed by atoms with Gasteiger partial charge in [0.05, 0.1) is 6.10 Å². The van der Waals surface area contributed by atoms with E-state index in [1.807, 2.05) is 13.8 Å². The molecular weight excluding hydrogens is 316 g/mol. The Morgan fingerprint density at radius 1 is 1.28 bits per heavy atom. The maximum absolute atomic E-state index is 12.4. The summed E-state index contributed by atoms with van der Waals surface area (Å²) < 4.78 is 0.